The molecule has 0 radical (unpaired) electrons. The summed E-state index contributed by atoms with van der Waals surface area (Å²) in [5.74, 6) is 1.30. The zero-order valence-corrected chi connectivity index (χ0v) is 14.5. The minimum Gasteiger partial charge on any atom is -0.493 e. The molecule has 2 aromatic rings. The Morgan fingerprint density at radius 2 is 1.92 bits per heavy atom. The summed E-state index contributed by atoms with van der Waals surface area (Å²) in [7, 11) is 0. The molecule has 128 valence electrons. The summed E-state index contributed by atoms with van der Waals surface area (Å²) in [6, 6.07) is 9.74. The van der Waals surface area contributed by atoms with Crippen molar-refractivity contribution in [3.8, 4) is 11.6 Å². The van der Waals surface area contributed by atoms with E-state index in [1.54, 1.807) is 6.20 Å². The van der Waals surface area contributed by atoms with Gasteiger partial charge in [-0.1, -0.05) is 12.1 Å². The molecule has 0 aliphatic carbocycles. The number of nitrogens with one attached hydrogen (secondary N) is 1. The van der Waals surface area contributed by atoms with Crippen LogP contribution in [0.3, 0.4) is 0 Å². The predicted octanol–water partition coefficient (Wildman–Crippen LogP) is 3.18. The highest BCUT2D eigenvalue weighted by atomic mass is 16.5. The quantitative estimate of drug-likeness (QED) is 0.808. The Morgan fingerprint density at radius 3 is 2.62 bits per heavy atom. The molecule has 1 N–H and O–H groups in total. The van der Waals surface area contributed by atoms with Crippen LogP contribution < -0.4 is 14.8 Å². The van der Waals surface area contributed by atoms with Crippen LogP contribution in [-0.2, 0) is 11.3 Å². The number of nitrogens with zero attached hydrogens (tertiary/aromatic N) is 1. The van der Waals surface area contributed by atoms with E-state index < -0.39 is 0 Å². The first-order valence-electron chi connectivity index (χ1n) is 8.13. The van der Waals surface area contributed by atoms with Gasteiger partial charge in [0.05, 0.1) is 19.6 Å². The molecule has 0 spiro atoms. The van der Waals surface area contributed by atoms with Crippen molar-refractivity contribution in [1.29, 1.82) is 0 Å². The van der Waals surface area contributed by atoms with Crippen LogP contribution in [0.25, 0.3) is 0 Å². The highest BCUT2D eigenvalue weighted by molar-refractivity contribution is 5.76. The summed E-state index contributed by atoms with van der Waals surface area (Å²) < 4.78 is 11.1. The molecule has 24 heavy (non-hydrogen) atoms. The van der Waals surface area contributed by atoms with Crippen LogP contribution in [-0.4, -0.2) is 24.1 Å². The van der Waals surface area contributed by atoms with Crippen molar-refractivity contribution in [3.63, 3.8) is 0 Å². The molecule has 0 aliphatic rings. The second-order valence-corrected chi connectivity index (χ2v) is 5.60. The van der Waals surface area contributed by atoms with Gasteiger partial charge >= 0.3 is 0 Å². The van der Waals surface area contributed by atoms with E-state index in [2.05, 4.69) is 16.4 Å². The molecule has 1 heterocycles. The fourth-order valence-corrected chi connectivity index (χ4v) is 2.39. The van der Waals surface area contributed by atoms with E-state index in [9.17, 15) is 4.79 Å². The molecule has 5 nitrogen and oxygen atoms in total. The third-order valence-electron chi connectivity index (χ3n) is 3.40. The van der Waals surface area contributed by atoms with E-state index in [0.717, 1.165) is 22.4 Å². The first-order valence-corrected chi connectivity index (χ1v) is 8.13. The van der Waals surface area contributed by atoms with E-state index in [0.29, 0.717) is 32.1 Å². The van der Waals surface area contributed by atoms with Gasteiger partial charge in [-0.05, 0) is 50.1 Å². The van der Waals surface area contributed by atoms with Crippen molar-refractivity contribution in [1.82, 2.24) is 10.3 Å². The lowest BCUT2D eigenvalue weighted by molar-refractivity contribution is -0.121. The monoisotopic (exact) mass is 328 g/mol. The molecule has 0 saturated heterocycles. The van der Waals surface area contributed by atoms with Gasteiger partial charge in [0.2, 0.25) is 11.8 Å². The van der Waals surface area contributed by atoms with Crippen LogP contribution in [0, 0.1) is 13.8 Å². The smallest absolute Gasteiger partial charge is 0.223 e. The number of rotatable bonds is 8. The van der Waals surface area contributed by atoms with E-state index in [4.69, 9.17) is 9.47 Å². The standard InChI is InChI=1S/C19H24N2O3/c1-4-23-19-16(6-5-8-20-19)13-21-18(22)7-9-24-17-11-14(2)10-15(3)12-17/h5-6,8,10-12H,4,7,9,13H2,1-3H3,(H,21,22). The molecule has 5 heteroatoms. The number of amides is 1. The Morgan fingerprint density at radius 1 is 1.17 bits per heavy atom. The van der Waals surface area contributed by atoms with Gasteiger partial charge in [-0.2, -0.15) is 0 Å². The zero-order chi connectivity index (χ0) is 17.4. The third kappa shape index (κ3) is 5.57. The number of carbonyl (C=O) groups excluding carboxylic acids is 1. The van der Waals surface area contributed by atoms with Crippen molar-refractivity contribution < 1.29 is 14.3 Å². The van der Waals surface area contributed by atoms with Gasteiger partial charge in [-0.3, -0.25) is 4.79 Å². The summed E-state index contributed by atoms with van der Waals surface area (Å²) in [5, 5.41) is 2.87. The molecule has 1 amide bonds. The molecule has 1 aromatic heterocycles. The van der Waals surface area contributed by atoms with Gasteiger partial charge in [-0.15, -0.1) is 0 Å². The number of aryl methyl sites for hydroxylation is 2. The minimum absolute atomic E-state index is 0.0642. The first-order chi connectivity index (χ1) is 11.6. The number of hydrogen-bond acceptors (Lipinski definition) is 4. The molecule has 0 fully saturated rings. The maximum atomic E-state index is 12.0. The van der Waals surface area contributed by atoms with Crippen LogP contribution in [0.15, 0.2) is 36.5 Å². The van der Waals surface area contributed by atoms with Crippen molar-refractivity contribution in [2.45, 2.75) is 33.7 Å². The fourth-order valence-electron chi connectivity index (χ4n) is 2.39. The van der Waals surface area contributed by atoms with Crippen LogP contribution in [0.2, 0.25) is 0 Å². The average molecular weight is 328 g/mol. The molecule has 2 rings (SSSR count). The largest absolute Gasteiger partial charge is 0.493 e. The third-order valence-corrected chi connectivity index (χ3v) is 3.40. The molecule has 0 atom stereocenters. The van der Waals surface area contributed by atoms with Crippen LogP contribution >= 0.6 is 0 Å². The van der Waals surface area contributed by atoms with Gasteiger partial charge in [0.25, 0.3) is 0 Å². The number of carbonyl (C=O) groups is 1. The van der Waals surface area contributed by atoms with E-state index in [1.807, 2.05) is 45.0 Å². The number of benzene rings is 1. The van der Waals surface area contributed by atoms with E-state index >= 15 is 0 Å². The van der Waals surface area contributed by atoms with Gasteiger partial charge in [-0.25, -0.2) is 4.98 Å². The second-order valence-electron chi connectivity index (χ2n) is 5.60. The van der Waals surface area contributed by atoms with Crippen LogP contribution in [0.5, 0.6) is 11.6 Å². The number of pyridine rings is 1. The molecule has 0 saturated carbocycles. The maximum Gasteiger partial charge on any atom is 0.223 e. The first kappa shape index (κ1) is 17.8. The lowest BCUT2D eigenvalue weighted by atomic mass is 10.1. The molecular weight excluding hydrogens is 304 g/mol. The highest BCUT2D eigenvalue weighted by Crippen LogP contribution is 2.16. The SMILES string of the molecule is CCOc1ncccc1CNC(=O)CCOc1cc(C)cc(C)c1. The molecule has 0 aliphatic heterocycles. The summed E-state index contributed by atoms with van der Waals surface area (Å²) in [6.45, 7) is 7.24. The van der Waals surface area contributed by atoms with Crippen molar-refractivity contribution in [3.05, 3.63) is 53.2 Å². The van der Waals surface area contributed by atoms with Gasteiger partial charge < -0.3 is 14.8 Å². The van der Waals surface area contributed by atoms with Crippen molar-refractivity contribution >= 4 is 5.91 Å². The Hall–Kier alpha value is -2.56. The Bertz CT molecular complexity index is 666. The van der Waals surface area contributed by atoms with Crippen LogP contribution in [0.4, 0.5) is 0 Å². The lowest BCUT2D eigenvalue weighted by Crippen LogP contribution is -2.24. The summed E-state index contributed by atoms with van der Waals surface area (Å²) in [4.78, 5) is 16.1. The normalized spacial score (nSPS) is 10.3. The van der Waals surface area contributed by atoms with Crippen molar-refractivity contribution in [2.24, 2.45) is 0 Å². The Labute approximate surface area is 143 Å². The summed E-state index contributed by atoms with van der Waals surface area (Å²) in [6.07, 6.45) is 1.98. The number of aromatic nitrogens is 1. The topological polar surface area (TPSA) is 60.5 Å². The lowest BCUT2D eigenvalue weighted by Gasteiger charge is -2.11. The predicted molar refractivity (Wildman–Crippen MR) is 93.3 cm³/mol. The minimum atomic E-state index is -0.0642. The highest BCUT2D eigenvalue weighted by Gasteiger charge is 2.07. The molecular formula is C19H24N2O3. The number of hydrogen-bond donors (Lipinski definition) is 1. The molecule has 1 aromatic carbocycles. The Balaban J connectivity index is 1.77. The summed E-state index contributed by atoms with van der Waals surface area (Å²) in [5.41, 5.74) is 3.16. The van der Waals surface area contributed by atoms with Crippen LogP contribution in [0.1, 0.15) is 30.0 Å². The Kier molecular flexibility index (Phi) is 6.61. The van der Waals surface area contributed by atoms with Gasteiger partial charge in [0.15, 0.2) is 0 Å². The zero-order valence-electron chi connectivity index (χ0n) is 14.5. The summed E-state index contributed by atoms with van der Waals surface area (Å²) >= 11 is 0. The van der Waals surface area contributed by atoms with E-state index in [-0.39, 0.29) is 5.91 Å². The molecule has 0 bridgehead atoms. The molecule has 0 unspecified atom stereocenters. The second kappa shape index (κ2) is 8.91. The fraction of sp³-hybridized carbons (Fsp3) is 0.368. The van der Waals surface area contributed by atoms with Gasteiger partial charge in [0.1, 0.15) is 5.75 Å². The van der Waals surface area contributed by atoms with Gasteiger partial charge in [0, 0.05) is 18.3 Å². The van der Waals surface area contributed by atoms with Crippen molar-refractivity contribution in [2.75, 3.05) is 13.2 Å². The average Bonchev–Trinajstić information content (AvgIpc) is 2.53. The van der Waals surface area contributed by atoms with E-state index in [1.165, 1.54) is 0 Å². The maximum absolute atomic E-state index is 12.0. The number of ether oxygens (including phenoxy) is 2.